The van der Waals surface area contributed by atoms with E-state index in [4.69, 9.17) is 9.47 Å². The van der Waals surface area contributed by atoms with E-state index in [1.165, 1.54) is 5.56 Å². The highest BCUT2D eigenvalue weighted by Gasteiger charge is 2.32. The zero-order valence-electron chi connectivity index (χ0n) is 15.5. The standard InChI is InChI=1S/C21H21N3O3/c1-13-10-14-6-4-5-7-19(14)24(13)21(25)18-12-17(22-23-18)16-9-8-15(26-2)11-20(16)27-3/h4-9,11-13H,10H2,1-3H3,(H,22,23). The minimum Gasteiger partial charge on any atom is -0.497 e. The van der Waals surface area contributed by atoms with Gasteiger partial charge in [0.25, 0.3) is 5.91 Å². The van der Waals surface area contributed by atoms with Gasteiger partial charge < -0.3 is 14.4 Å². The van der Waals surface area contributed by atoms with E-state index in [9.17, 15) is 4.79 Å². The summed E-state index contributed by atoms with van der Waals surface area (Å²) >= 11 is 0. The highest BCUT2D eigenvalue weighted by atomic mass is 16.5. The summed E-state index contributed by atoms with van der Waals surface area (Å²) in [6.07, 6.45) is 0.856. The third-order valence-electron chi connectivity index (χ3n) is 4.92. The lowest BCUT2D eigenvalue weighted by molar-refractivity contribution is 0.0976. The highest BCUT2D eigenvalue weighted by molar-refractivity contribution is 6.07. The van der Waals surface area contributed by atoms with Crippen LogP contribution in [0.4, 0.5) is 5.69 Å². The van der Waals surface area contributed by atoms with Crippen LogP contribution in [-0.4, -0.2) is 36.4 Å². The third-order valence-corrected chi connectivity index (χ3v) is 4.92. The molecule has 3 aromatic rings. The molecule has 4 rings (SSSR count). The number of aromatic amines is 1. The average molecular weight is 363 g/mol. The van der Waals surface area contributed by atoms with Crippen molar-refractivity contribution in [2.24, 2.45) is 0 Å². The molecule has 0 aliphatic carbocycles. The molecule has 1 aromatic heterocycles. The van der Waals surface area contributed by atoms with Crippen molar-refractivity contribution in [1.82, 2.24) is 10.2 Å². The first-order valence-electron chi connectivity index (χ1n) is 8.81. The summed E-state index contributed by atoms with van der Waals surface area (Å²) < 4.78 is 10.7. The Balaban J connectivity index is 1.67. The molecule has 6 heteroatoms. The topological polar surface area (TPSA) is 67.5 Å². The summed E-state index contributed by atoms with van der Waals surface area (Å²) in [4.78, 5) is 15.0. The van der Waals surface area contributed by atoms with Gasteiger partial charge in [0, 0.05) is 23.4 Å². The van der Waals surface area contributed by atoms with Gasteiger partial charge in [-0.25, -0.2) is 0 Å². The number of nitrogens with one attached hydrogen (secondary N) is 1. The number of rotatable bonds is 4. The molecule has 1 atom stereocenters. The van der Waals surface area contributed by atoms with Gasteiger partial charge in [-0.05, 0) is 43.2 Å². The van der Waals surface area contributed by atoms with Gasteiger partial charge in [-0.15, -0.1) is 0 Å². The summed E-state index contributed by atoms with van der Waals surface area (Å²) in [7, 11) is 3.20. The van der Waals surface area contributed by atoms with E-state index in [0.29, 0.717) is 22.9 Å². The number of anilines is 1. The molecule has 2 aromatic carbocycles. The normalized spacial score (nSPS) is 15.5. The molecule has 27 heavy (non-hydrogen) atoms. The van der Waals surface area contributed by atoms with Gasteiger partial charge in [-0.2, -0.15) is 5.10 Å². The first-order valence-corrected chi connectivity index (χ1v) is 8.81. The number of benzene rings is 2. The van der Waals surface area contributed by atoms with Crippen molar-refractivity contribution >= 4 is 11.6 Å². The van der Waals surface area contributed by atoms with Gasteiger partial charge in [0.2, 0.25) is 0 Å². The summed E-state index contributed by atoms with van der Waals surface area (Å²) in [5.41, 5.74) is 4.05. The molecule has 0 bridgehead atoms. The van der Waals surface area contributed by atoms with Crippen molar-refractivity contribution in [3.05, 3.63) is 59.8 Å². The predicted molar refractivity (Wildman–Crippen MR) is 104 cm³/mol. The molecule has 1 aliphatic rings. The number of fused-ring (bicyclic) bond motifs is 1. The molecule has 0 saturated heterocycles. The lowest BCUT2D eigenvalue weighted by Crippen LogP contribution is -2.35. The molecule has 1 N–H and O–H groups in total. The Bertz CT molecular complexity index is 996. The lowest BCUT2D eigenvalue weighted by Gasteiger charge is -2.21. The van der Waals surface area contributed by atoms with Gasteiger partial charge in [0.15, 0.2) is 0 Å². The van der Waals surface area contributed by atoms with Crippen LogP contribution in [0.25, 0.3) is 11.3 Å². The van der Waals surface area contributed by atoms with Crippen molar-refractivity contribution in [3.8, 4) is 22.8 Å². The van der Waals surface area contributed by atoms with Gasteiger partial charge in [-0.1, -0.05) is 18.2 Å². The number of ether oxygens (including phenoxy) is 2. The Morgan fingerprint density at radius 2 is 1.96 bits per heavy atom. The molecule has 6 nitrogen and oxygen atoms in total. The molecule has 1 unspecified atom stereocenters. The van der Waals surface area contributed by atoms with E-state index < -0.39 is 0 Å². The number of aromatic nitrogens is 2. The Kier molecular flexibility index (Phi) is 4.32. The molecule has 1 aliphatic heterocycles. The number of carbonyl (C=O) groups excluding carboxylic acids is 1. The molecule has 1 amide bonds. The van der Waals surface area contributed by atoms with E-state index in [0.717, 1.165) is 17.7 Å². The van der Waals surface area contributed by atoms with Crippen molar-refractivity contribution in [2.45, 2.75) is 19.4 Å². The van der Waals surface area contributed by atoms with Crippen LogP contribution in [0.2, 0.25) is 0 Å². The zero-order chi connectivity index (χ0) is 19.0. The van der Waals surface area contributed by atoms with Crippen molar-refractivity contribution in [3.63, 3.8) is 0 Å². The van der Waals surface area contributed by atoms with Crippen LogP contribution in [0.3, 0.4) is 0 Å². The molecular weight excluding hydrogens is 342 g/mol. The van der Waals surface area contributed by atoms with Crippen LogP contribution < -0.4 is 14.4 Å². The van der Waals surface area contributed by atoms with E-state index >= 15 is 0 Å². The number of hydrogen-bond acceptors (Lipinski definition) is 4. The number of H-pyrrole nitrogens is 1. The fourth-order valence-electron chi connectivity index (χ4n) is 3.58. The molecule has 2 heterocycles. The highest BCUT2D eigenvalue weighted by Crippen LogP contribution is 2.35. The lowest BCUT2D eigenvalue weighted by atomic mass is 10.1. The molecule has 138 valence electrons. The Hall–Kier alpha value is -3.28. The third kappa shape index (κ3) is 2.93. The summed E-state index contributed by atoms with van der Waals surface area (Å²) in [6, 6.07) is 15.4. The number of hydrogen-bond donors (Lipinski definition) is 1. The van der Waals surface area contributed by atoms with Gasteiger partial charge >= 0.3 is 0 Å². The van der Waals surface area contributed by atoms with E-state index in [1.54, 1.807) is 26.4 Å². The van der Waals surface area contributed by atoms with E-state index in [-0.39, 0.29) is 11.9 Å². The Morgan fingerprint density at radius 3 is 2.74 bits per heavy atom. The Labute approximate surface area is 157 Å². The van der Waals surface area contributed by atoms with Crippen LogP contribution >= 0.6 is 0 Å². The zero-order valence-corrected chi connectivity index (χ0v) is 15.5. The first-order chi connectivity index (χ1) is 13.1. The molecule has 0 saturated carbocycles. The maximum absolute atomic E-state index is 13.1. The molecule has 0 radical (unpaired) electrons. The van der Waals surface area contributed by atoms with Crippen molar-refractivity contribution in [2.75, 3.05) is 19.1 Å². The molecule has 0 spiro atoms. The number of amides is 1. The second kappa shape index (κ2) is 6.79. The molecule has 0 fully saturated rings. The fourth-order valence-corrected chi connectivity index (χ4v) is 3.58. The number of para-hydroxylation sites is 1. The van der Waals surface area contributed by atoms with Gasteiger partial charge in [0.1, 0.15) is 17.2 Å². The van der Waals surface area contributed by atoms with Crippen molar-refractivity contribution in [1.29, 1.82) is 0 Å². The van der Waals surface area contributed by atoms with Gasteiger partial charge in [-0.3, -0.25) is 9.89 Å². The second-order valence-corrected chi connectivity index (χ2v) is 6.59. The Morgan fingerprint density at radius 1 is 1.15 bits per heavy atom. The quantitative estimate of drug-likeness (QED) is 0.768. The number of nitrogens with zero attached hydrogens (tertiary/aromatic N) is 2. The minimum atomic E-state index is -0.0846. The van der Waals surface area contributed by atoms with Crippen LogP contribution in [0.1, 0.15) is 23.0 Å². The largest absolute Gasteiger partial charge is 0.497 e. The SMILES string of the molecule is COc1ccc(-c2cc(C(=O)N3c4ccccc4CC3C)[nH]n2)c(OC)c1. The summed E-state index contributed by atoms with van der Waals surface area (Å²) in [6.45, 7) is 2.06. The smallest absolute Gasteiger partial charge is 0.276 e. The maximum Gasteiger partial charge on any atom is 0.276 e. The minimum absolute atomic E-state index is 0.0846. The summed E-state index contributed by atoms with van der Waals surface area (Å²) in [5, 5.41) is 7.21. The second-order valence-electron chi connectivity index (χ2n) is 6.59. The van der Waals surface area contributed by atoms with Crippen LogP contribution in [0.15, 0.2) is 48.5 Å². The molecular formula is C21H21N3O3. The van der Waals surface area contributed by atoms with Crippen molar-refractivity contribution < 1.29 is 14.3 Å². The van der Waals surface area contributed by atoms with Crippen LogP contribution in [0.5, 0.6) is 11.5 Å². The van der Waals surface area contributed by atoms with E-state index in [2.05, 4.69) is 23.2 Å². The number of methoxy groups -OCH3 is 2. The monoisotopic (exact) mass is 363 g/mol. The first kappa shape index (κ1) is 17.1. The van der Waals surface area contributed by atoms with Crippen LogP contribution in [-0.2, 0) is 6.42 Å². The van der Waals surface area contributed by atoms with E-state index in [1.807, 2.05) is 35.2 Å². The predicted octanol–water partition coefficient (Wildman–Crippen LogP) is 3.69. The maximum atomic E-state index is 13.1. The number of carbonyl (C=O) groups is 1. The fraction of sp³-hybridized carbons (Fsp3) is 0.238. The average Bonchev–Trinajstić information content (AvgIpc) is 3.31. The van der Waals surface area contributed by atoms with Gasteiger partial charge in [0.05, 0.1) is 19.9 Å². The van der Waals surface area contributed by atoms with Crippen LogP contribution in [0, 0.1) is 0 Å². The summed E-state index contributed by atoms with van der Waals surface area (Å²) in [5.74, 6) is 1.25.